The maximum atomic E-state index is 13.2. The van der Waals surface area contributed by atoms with Gasteiger partial charge in [0.1, 0.15) is 6.10 Å². The summed E-state index contributed by atoms with van der Waals surface area (Å²) in [5.74, 6) is -0.529. The number of hydrogen-bond donors (Lipinski definition) is 3. The summed E-state index contributed by atoms with van der Waals surface area (Å²) >= 11 is 0. The molecule has 6 nitrogen and oxygen atoms in total. The summed E-state index contributed by atoms with van der Waals surface area (Å²) in [6.07, 6.45) is 58.5. The Morgan fingerprint density at radius 2 is 0.883 bits per heavy atom. The molecule has 0 radical (unpaired) electrons. The third kappa shape index (κ3) is 42.3. The van der Waals surface area contributed by atoms with Crippen molar-refractivity contribution in [2.75, 3.05) is 6.61 Å². The fourth-order valence-corrected chi connectivity index (χ4v) is 7.50. The number of nitrogens with one attached hydrogen (secondary N) is 1. The topological polar surface area (TPSA) is 95.9 Å². The van der Waals surface area contributed by atoms with E-state index in [-0.39, 0.29) is 24.9 Å². The van der Waals surface area contributed by atoms with Crippen LogP contribution in [0.25, 0.3) is 0 Å². The minimum absolute atomic E-state index is 0.0459. The second-order valence-electron chi connectivity index (χ2n) is 17.3. The van der Waals surface area contributed by atoms with Gasteiger partial charge in [0.15, 0.2) is 0 Å². The molecule has 0 bridgehead atoms. The second-order valence-corrected chi connectivity index (χ2v) is 17.3. The van der Waals surface area contributed by atoms with E-state index in [1.54, 1.807) is 0 Å². The molecule has 0 heterocycles. The van der Waals surface area contributed by atoms with E-state index in [9.17, 15) is 19.8 Å². The molecule has 3 atom stereocenters. The molecule has 0 saturated carbocycles. The van der Waals surface area contributed by atoms with E-state index in [0.717, 1.165) is 83.5 Å². The average molecular weight is 840 g/mol. The number of carbonyl (C=O) groups excluding carboxylic acids is 2. The van der Waals surface area contributed by atoms with E-state index in [1.165, 1.54) is 116 Å². The highest BCUT2D eigenvalue weighted by Crippen LogP contribution is 2.17. The van der Waals surface area contributed by atoms with Crippen molar-refractivity contribution in [1.82, 2.24) is 5.32 Å². The molecule has 3 N–H and O–H groups in total. The molecule has 0 fully saturated rings. The molecule has 0 aromatic rings. The van der Waals surface area contributed by atoms with E-state index in [0.29, 0.717) is 19.3 Å². The summed E-state index contributed by atoms with van der Waals surface area (Å²) in [5, 5.41) is 23.7. The van der Waals surface area contributed by atoms with Crippen LogP contribution in [0.1, 0.15) is 245 Å². The number of aliphatic hydroxyl groups excluding tert-OH is 2. The van der Waals surface area contributed by atoms with Crippen molar-refractivity contribution in [3.05, 3.63) is 60.8 Å². The van der Waals surface area contributed by atoms with Crippen LogP contribution in [0.2, 0.25) is 0 Å². The van der Waals surface area contributed by atoms with Crippen molar-refractivity contribution in [3.63, 3.8) is 0 Å². The number of esters is 1. The molecule has 0 saturated heterocycles. The number of allylic oxidation sites excluding steroid dienone is 10. The molecule has 1 amide bonds. The quantitative estimate of drug-likeness (QED) is 0.0246. The van der Waals surface area contributed by atoms with Crippen LogP contribution >= 0.6 is 0 Å². The van der Waals surface area contributed by atoms with Gasteiger partial charge < -0.3 is 20.3 Å². The maximum Gasteiger partial charge on any atom is 0.306 e. The summed E-state index contributed by atoms with van der Waals surface area (Å²) in [4.78, 5) is 26.1. The summed E-state index contributed by atoms with van der Waals surface area (Å²) in [6.45, 7) is 6.42. The summed E-state index contributed by atoms with van der Waals surface area (Å²) in [5.41, 5.74) is 0. The Hall–Kier alpha value is -2.44. The third-order valence-electron chi connectivity index (χ3n) is 11.4. The van der Waals surface area contributed by atoms with Gasteiger partial charge >= 0.3 is 5.97 Å². The Labute approximate surface area is 371 Å². The Balaban J connectivity index is 4.63. The lowest BCUT2D eigenvalue weighted by molar-refractivity contribution is -0.151. The molecule has 3 unspecified atom stereocenters. The lowest BCUT2D eigenvalue weighted by Crippen LogP contribution is -2.46. The number of ether oxygens (including phenoxy) is 1. The SMILES string of the molecule is CCCCC/C=C/C=C/C=C/C=C/CCCCCCCC(=O)OC(CCC/C=C\CCCCCCCCC)CC(=O)NC(CO)C(O)CCCCCCCCCCCCC. The minimum Gasteiger partial charge on any atom is -0.462 e. The molecule has 0 aromatic heterocycles. The predicted octanol–water partition coefficient (Wildman–Crippen LogP) is 15.2. The fraction of sp³-hybridized carbons (Fsp3) is 0.778. The first-order valence-electron chi connectivity index (χ1n) is 25.6. The van der Waals surface area contributed by atoms with Gasteiger partial charge in [-0.05, 0) is 70.6 Å². The van der Waals surface area contributed by atoms with E-state index < -0.39 is 18.2 Å². The molecule has 0 rings (SSSR count). The maximum absolute atomic E-state index is 13.2. The normalized spacial score (nSPS) is 13.8. The number of rotatable bonds is 45. The number of amides is 1. The first-order valence-corrected chi connectivity index (χ1v) is 25.6. The van der Waals surface area contributed by atoms with Gasteiger partial charge in [-0.1, -0.05) is 223 Å². The van der Waals surface area contributed by atoms with Crippen LogP contribution < -0.4 is 5.32 Å². The number of hydrogen-bond acceptors (Lipinski definition) is 5. The van der Waals surface area contributed by atoms with Crippen LogP contribution in [0.4, 0.5) is 0 Å². The van der Waals surface area contributed by atoms with Crippen molar-refractivity contribution < 1.29 is 24.5 Å². The van der Waals surface area contributed by atoms with Gasteiger partial charge in [-0.15, -0.1) is 0 Å². The lowest BCUT2D eigenvalue weighted by Gasteiger charge is -2.24. The standard InChI is InChI=1S/C54H97NO5/c1-4-7-10-13-16-19-22-24-25-26-27-28-29-32-35-38-41-44-47-54(59)60-50(45-42-39-36-33-31-23-20-17-14-11-8-5-2)48-53(58)55-51(49-56)52(57)46-43-40-37-34-30-21-18-15-12-9-6-3/h16,19,22,24-28,33,36,50-52,56-57H,4-15,17-18,20-21,23,29-32,34-35,37-49H2,1-3H3,(H,55,58)/b19-16+,24-22+,26-25+,28-27+,36-33-. The fourth-order valence-electron chi connectivity index (χ4n) is 7.50. The highest BCUT2D eigenvalue weighted by Gasteiger charge is 2.24. The van der Waals surface area contributed by atoms with Crippen molar-refractivity contribution in [1.29, 1.82) is 0 Å². The Morgan fingerprint density at radius 3 is 1.40 bits per heavy atom. The summed E-state index contributed by atoms with van der Waals surface area (Å²) in [7, 11) is 0. The van der Waals surface area contributed by atoms with Gasteiger partial charge in [0.2, 0.25) is 5.91 Å². The lowest BCUT2D eigenvalue weighted by atomic mass is 10.0. The first kappa shape index (κ1) is 57.6. The Bertz CT molecular complexity index is 1080. The average Bonchev–Trinajstić information content (AvgIpc) is 3.24. The third-order valence-corrected chi connectivity index (χ3v) is 11.4. The van der Waals surface area contributed by atoms with E-state index >= 15 is 0 Å². The van der Waals surface area contributed by atoms with Crippen LogP contribution in [0.5, 0.6) is 0 Å². The summed E-state index contributed by atoms with van der Waals surface area (Å²) in [6, 6.07) is -0.715. The van der Waals surface area contributed by atoms with Crippen molar-refractivity contribution in [3.8, 4) is 0 Å². The zero-order valence-corrected chi connectivity index (χ0v) is 39.6. The minimum atomic E-state index is -0.798. The Morgan fingerprint density at radius 1 is 0.483 bits per heavy atom. The highest BCUT2D eigenvalue weighted by molar-refractivity contribution is 5.77. The number of aliphatic hydroxyl groups is 2. The predicted molar refractivity (Wildman–Crippen MR) is 259 cm³/mol. The van der Waals surface area contributed by atoms with Gasteiger partial charge in [0, 0.05) is 6.42 Å². The number of unbranched alkanes of at least 4 members (excludes halogenated alkanes) is 26. The van der Waals surface area contributed by atoms with Gasteiger partial charge in [0.25, 0.3) is 0 Å². The Kier molecular flexibility index (Phi) is 45.7. The molecule has 0 aliphatic carbocycles. The van der Waals surface area contributed by atoms with Crippen LogP contribution in [0.3, 0.4) is 0 Å². The molecular formula is C54H97NO5. The van der Waals surface area contributed by atoms with Gasteiger partial charge in [-0.2, -0.15) is 0 Å². The van der Waals surface area contributed by atoms with Crippen LogP contribution in [-0.2, 0) is 14.3 Å². The zero-order valence-electron chi connectivity index (χ0n) is 39.6. The molecule has 60 heavy (non-hydrogen) atoms. The van der Waals surface area contributed by atoms with Crippen LogP contribution in [0, 0.1) is 0 Å². The van der Waals surface area contributed by atoms with E-state index in [4.69, 9.17) is 4.74 Å². The zero-order chi connectivity index (χ0) is 43.8. The van der Waals surface area contributed by atoms with E-state index in [2.05, 4.69) is 86.8 Å². The van der Waals surface area contributed by atoms with Crippen molar-refractivity contribution in [2.24, 2.45) is 0 Å². The smallest absolute Gasteiger partial charge is 0.306 e. The first-order chi connectivity index (χ1) is 29.5. The van der Waals surface area contributed by atoms with Gasteiger partial charge in [0.05, 0.1) is 25.2 Å². The number of carbonyl (C=O) groups is 2. The molecule has 0 aromatic carbocycles. The van der Waals surface area contributed by atoms with Gasteiger partial charge in [-0.3, -0.25) is 9.59 Å². The van der Waals surface area contributed by atoms with Gasteiger partial charge in [-0.25, -0.2) is 0 Å². The second kappa shape index (κ2) is 47.6. The monoisotopic (exact) mass is 840 g/mol. The van der Waals surface area contributed by atoms with Crippen LogP contribution in [-0.4, -0.2) is 46.9 Å². The summed E-state index contributed by atoms with van der Waals surface area (Å²) < 4.78 is 5.90. The largest absolute Gasteiger partial charge is 0.462 e. The molecule has 0 aliphatic rings. The van der Waals surface area contributed by atoms with Crippen LogP contribution in [0.15, 0.2) is 60.8 Å². The molecular weight excluding hydrogens is 743 g/mol. The molecule has 0 aliphatic heterocycles. The van der Waals surface area contributed by atoms with Crippen molar-refractivity contribution >= 4 is 11.9 Å². The molecule has 348 valence electrons. The molecule has 0 spiro atoms. The highest BCUT2D eigenvalue weighted by atomic mass is 16.5. The van der Waals surface area contributed by atoms with E-state index in [1.807, 2.05) is 0 Å². The van der Waals surface area contributed by atoms with Crippen molar-refractivity contribution in [2.45, 2.75) is 264 Å². The molecule has 6 heteroatoms.